The van der Waals surface area contributed by atoms with Crippen molar-refractivity contribution >= 4 is 11.8 Å². The van der Waals surface area contributed by atoms with Crippen LogP contribution in [0.5, 0.6) is 0 Å². The van der Waals surface area contributed by atoms with Gasteiger partial charge in [0.25, 0.3) is 0 Å². The molecule has 90 valence electrons. The lowest BCUT2D eigenvalue weighted by atomic mass is 9.88. The van der Waals surface area contributed by atoms with E-state index in [-0.39, 0.29) is 0 Å². The maximum Gasteiger partial charge on any atom is 0.0223 e. The molecule has 2 fully saturated rings. The van der Waals surface area contributed by atoms with Crippen molar-refractivity contribution in [3.05, 3.63) is 0 Å². The maximum absolute atomic E-state index is 2.39. The quantitative estimate of drug-likeness (QED) is 0.601. The van der Waals surface area contributed by atoms with Crippen LogP contribution >= 0.6 is 11.8 Å². The van der Waals surface area contributed by atoms with E-state index in [0.29, 0.717) is 4.75 Å². The van der Waals surface area contributed by atoms with E-state index in [1.54, 1.807) is 0 Å². The van der Waals surface area contributed by atoms with Gasteiger partial charge in [0.15, 0.2) is 0 Å². The molecule has 1 saturated heterocycles. The fraction of sp³-hybridized carbons (Fsp3) is 1.00. The molecule has 1 heteroatoms. The van der Waals surface area contributed by atoms with Gasteiger partial charge in [0.2, 0.25) is 0 Å². The van der Waals surface area contributed by atoms with Gasteiger partial charge >= 0.3 is 0 Å². The molecule has 1 saturated carbocycles. The molecule has 0 nitrogen and oxygen atoms in total. The van der Waals surface area contributed by atoms with Gasteiger partial charge in [-0.05, 0) is 25.2 Å². The molecule has 0 N–H and O–H groups in total. The van der Waals surface area contributed by atoms with Crippen LogP contribution in [-0.2, 0) is 0 Å². The van der Waals surface area contributed by atoms with Gasteiger partial charge in [0.1, 0.15) is 0 Å². The van der Waals surface area contributed by atoms with Gasteiger partial charge in [-0.15, -0.1) is 0 Å². The molecule has 0 aromatic rings. The number of rotatable bonds is 4. The average Bonchev–Trinajstić information content (AvgIpc) is 2.81. The normalized spacial score (nSPS) is 29.4. The van der Waals surface area contributed by atoms with E-state index < -0.39 is 0 Å². The zero-order valence-corrected chi connectivity index (χ0v) is 11.8. The van der Waals surface area contributed by atoms with E-state index >= 15 is 0 Å². The second kappa shape index (κ2) is 6.18. The van der Waals surface area contributed by atoms with Crippen molar-refractivity contribution in [2.45, 2.75) is 71.0 Å². The minimum atomic E-state index is 0.703. The van der Waals surface area contributed by atoms with Gasteiger partial charge in [0, 0.05) is 10.5 Å². The van der Waals surface area contributed by atoms with Crippen LogP contribution in [0.3, 0.4) is 0 Å². The molecule has 1 aliphatic heterocycles. The minimum Gasteiger partial charge on any atom is -0.153 e. The predicted molar refractivity (Wildman–Crippen MR) is 72.6 cm³/mol. The Balaban J connectivity index is 0.000000187. The topological polar surface area (TPSA) is 0 Å². The third-order valence-electron chi connectivity index (χ3n) is 3.52. The minimum absolute atomic E-state index is 0.703. The summed E-state index contributed by atoms with van der Waals surface area (Å²) < 4.78 is 0.703. The summed E-state index contributed by atoms with van der Waals surface area (Å²) >= 11 is 2.12. The first-order valence-corrected chi connectivity index (χ1v) is 7.64. The number of thioether (sulfide) groups is 1. The molecule has 0 amide bonds. The van der Waals surface area contributed by atoms with E-state index in [0.717, 1.165) is 11.8 Å². The molecule has 0 aromatic carbocycles. The summed E-state index contributed by atoms with van der Waals surface area (Å²) in [5.41, 5.74) is 0. The molecule has 1 atom stereocenters. The van der Waals surface area contributed by atoms with Crippen LogP contribution in [0.2, 0.25) is 0 Å². The first-order chi connectivity index (χ1) is 7.02. The molecule has 0 radical (unpaired) electrons. The fourth-order valence-electron chi connectivity index (χ4n) is 1.76. The van der Waals surface area contributed by atoms with Crippen molar-refractivity contribution in [3.63, 3.8) is 0 Å². The third-order valence-corrected chi connectivity index (χ3v) is 5.00. The number of hydrogen-bond acceptors (Lipinski definition) is 1. The Kier molecular flexibility index (Phi) is 5.52. The van der Waals surface area contributed by atoms with Crippen LogP contribution < -0.4 is 0 Å². The molecule has 0 spiro atoms. The largest absolute Gasteiger partial charge is 0.153 e. The Morgan fingerprint density at radius 3 is 2.13 bits per heavy atom. The number of hydrogen-bond donors (Lipinski definition) is 0. The van der Waals surface area contributed by atoms with Gasteiger partial charge in [-0.25, -0.2) is 0 Å². The predicted octanol–water partition coefficient (Wildman–Crippen LogP) is 5.12. The van der Waals surface area contributed by atoms with Crippen LogP contribution in [0.4, 0.5) is 0 Å². The van der Waals surface area contributed by atoms with Crippen molar-refractivity contribution in [1.29, 1.82) is 0 Å². The molecule has 1 unspecified atom stereocenters. The van der Waals surface area contributed by atoms with Gasteiger partial charge in [-0.3, -0.25) is 0 Å². The first-order valence-electron chi connectivity index (χ1n) is 6.66. The summed E-state index contributed by atoms with van der Waals surface area (Å²) in [6.45, 7) is 9.31. The Labute approximate surface area is 101 Å². The van der Waals surface area contributed by atoms with Crippen molar-refractivity contribution < 1.29 is 0 Å². The third kappa shape index (κ3) is 6.50. The van der Waals surface area contributed by atoms with E-state index in [9.17, 15) is 0 Å². The lowest BCUT2D eigenvalue weighted by Crippen LogP contribution is -2.04. The van der Waals surface area contributed by atoms with Gasteiger partial charge in [-0.1, -0.05) is 52.9 Å². The van der Waals surface area contributed by atoms with E-state index in [1.165, 1.54) is 44.3 Å². The van der Waals surface area contributed by atoms with Crippen molar-refractivity contribution in [1.82, 2.24) is 0 Å². The first kappa shape index (κ1) is 13.4. The molecular formula is C14H28S. The standard InChI is InChI=1S/C9H18S.C5H10/c1-8(2)5-4-6-9(3)7-10-9;1-5-3-2-4-5/h8H,4-7H2,1-3H3;5H,2-4H2,1H3. The molecule has 15 heavy (non-hydrogen) atoms. The Morgan fingerprint density at radius 2 is 1.87 bits per heavy atom. The summed E-state index contributed by atoms with van der Waals surface area (Å²) in [5.74, 6) is 3.37. The highest BCUT2D eigenvalue weighted by Crippen LogP contribution is 2.47. The molecule has 2 rings (SSSR count). The Bertz CT molecular complexity index is 166. The summed E-state index contributed by atoms with van der Waals surface area (Å²) in [5, 5.41) is 0. The van der Waals surface area contributed by atoms with E-state index in [1.807, 2.05) is 0 Å². The van der Waals surface area contributed by atoms with Crippen molar-refractivity contribution in [2.75, 3.05) is 5.75 Å². The zero-order valence-electron chi connectivity index (χ0n) is 11.0. The molecule has 1 heterocycles. The zero-order chi connectivity index (χ0) is 11.3. The van der Waals surface area contributed by atoms with Crippen LogP contribution in [0, 0.1) is 11.8 Å². The SMILES string of the molecule is CC(C)CCCC1(C)CS1.CC1CCC1. The van der Waals surface area contributed by atoms with Crippen LogP contribution in [0.25, 0.3) is 0 Å². The van der Waals surface area contributed by atoms with Gasteiger partial charge < -0.3 is 0 Å². The lowest BCUT2D eigenvalue weighted by Gasteiger charge is -2.18. The second-order valence-electron chi connectivity index (χ2n) is 6.06. The molecule has 2 aliphatic rings. The summed E-state index contributed by atoms with van der Waals surface area (Å²) in [4.78, 5) is 0. The maximum atomic E-state index is 2.39. The van der Waals surface area contributed by atoms with Crippen LogP contribution in [-0.4, -0.2) is 10.5 Å². The van der Waals surface area contributed by atoms with Crippen LogP contribution in [0.15, 0.2) is 0 Å². The van der Waals surface area contributed by atoms with Gasteiger partial charge in [-0.2, -0.15) is 11.8 Å². The molecule has 0 aromatic heterocycles. The fourth-order valence-corrected chi connectivity index (χ4v) is 2.44. The van der Waals surface area contributed by atoms with Crippen molar-refractivity contribution in [3.8, 4) is 0 Å². The van der Waals surface area contributed by atoms with E-state index in [4.69, 9.17) is 0 Å². The summed E-state index contributed by atoms with van der Waals surface area (Å²) in [6, 6.07) is 0. The van der Waals surface area contributed by atoms with Gasteiger partial charge in [0.05, 0.1) is 0 Å². The molecule has 1 aliphatic carbocycles. The van der Waals surface area contributed by atoms with E-state index in [2.05, 4.69) is 39.5 Å². The summed E-state index contributed by atoms with van der Waals surface area (Å²) in [6.07, 6.45) is 8.74. The molecule has 0 bridgehead atoms. The second-order valence-corrected chi connectivity index (χ2v) is 7.62. The lowest BCUT2D eigenvalue weighted by molar-refractivity contribution is 0.346. The summed E-state index contributed by atoms with van der Waals surface area (Å²) in [7, 11) is 0. The smallest absolute Gasteiger partial charge is 0.0223 e. The highest BCUT2D eigenvalue weighted by Gasteiger charge is 2.37. The van der Waals surface area contributed by atoms with Crippen molar-refractivity contribution in [2.24, 2.45) is 11.8 Å². The molecular weight excluding hydrogens is 200 g/mol. The Hall–Kier alpha value is 0.350. The van der Waals surface area contributed by atoms with Crippen LogP contribution in [0.1, 0.15) is 66.2 Å². The monoisotopic (exact) mass is 228 g/mol. The average molecular weight is 228 g/mol. The highest BCUT2D eigenvalue weighted by molar-refractivity contribution is 8.07. The highest BCUT2D eigenvalue weighted by atomic mass is 32.2. The Morgan fingerprint density at radius 1 is 1.33 bits per heavy atom.